The van der Waals surface area contributed by atoms with Crippen LogP contribution in [0.15, 0.2) is 24.3 Å². The van der Waals surface area contributed by atoms with Gasteiger partial charge in [-0.05, 0) is 25.5 Å². The highest BCUT2D eigenvalue weighted by molar-refractivity contribution is 5.79. The lowest BCUT2D eigenvalue weighted by Gasteiger charge is -2.07. The highest BCUT2D eigenvalue weighted by Crippen LogP contribution is 2.16. The summed E-state index contributed by atoms with van der Waals surface area (Å²) < 4.78 is 15.1. The van der Waals surface area contributed by atoms with Crippen LogP contribution >= 0.6 is 0 Å². The van der Waals surface area contributed by atoms with Crippen molar-refractivity contribution in [1.82, 2.24) is 0 Å². The summed E-state index contributed by atoms with van der Waals surface area (Å²) in [7, 11) is 0. The van der Waals surface area contributed by atoms with E-state index >= 15 is 0 Å². The summed E-state index contributed by atoms with van der Waals surface area (Å²) in [5.41, 5.74) is 0.875. The Labute approximate surface area is 118 Å². The second-order valence-electron chi connectivity index (χ2n) is 4.16. The van der Waals surface area contributed by atoms with Crippen molar-refractivity contribution in [2.24, 2.45) is 0 Å². The summed E-state index contributed by atoms with van der Waals surface area (Å²) in [6, 6.07) is 7.22. The van der Waals surface area contributed by atoms with E-state index in [9.17, 15) is 9.59 Å². The molecule has 0 aliphatic heterocycles. The van der Waals surface area contributed by atoms with E-state index in [4.69, 9.17) is 14.2 Å². The van der Waals surface area contributed by atoms with Gasteiger partial charge in [-0.15, -0.1) is 0 Å². The molecule has 1 rings (SSSR count). The second-order valence-corrected chi connectivity index (χ2v) is 4.16. The monoisotopic (exact) mass is 280 g/mol. The zero-order valence-electron chi connectivity index (χ0n) is 11.9. The first-order chi connectivity index (χ1) is 9.63. The molecule has 0 fully saturated rings. The molecule has 5 heteroatoms. The summed E-state index contributed by atoms with van der Waals surface area (Å²) in [5, 5.41) is 0. The topological polar surface area (TPSA) is 61.8 Å². The third-order valence-electron chi connectivity index (χ3n) is 2.55. The lowest BCUT2D eigenvalue weighted by Crippen LogP contribution is -2.14. The zero-order chi connectivity index (χ0) is 14.8. The van der Waals surface area contributed by atoms with Gasteiger partial charge in [-0.25, -0.2) is 0 Å². The molecule has 110 valence electrons. The molecular weight excluding hydrogens is 260 g/mol. The number of aryl methyl sites for hydroxylation is 1. The highest BCUT2D eigenvalue weighted by atomic mass is 16.6. The van der Waals surface area contributed by atoms with Gasteiger partial charge in [0.25, 0.3) is 0 Å². The Morgan fingerprint density at radius 3 is 2.45 bits per heavy atom. The molecule has 0 amide bonds. The molecular formula is C15H20O5. The summed E-state index contributed by atoms with van der Waals surface area (Å²) in [6.07, 6.45) is 0.0125. The van der Waals surface area contributed by atoms with Crippen LogP contribution in [0.5, 0.6) is 5.75 Å². The van der Waals surface area contributed by atoms with E-state index in [2.05, 4.69) is 0 Å². The molecule has 1 aromatic carbocycles. The standard InChI is InChI=1S/C15H20O5/c1-3-18-10-11-19-14(16)8-9-15(17)20-13-7-5-4-6-12(13)2/h4-7H,3,8-11H2,1-2H3. The summed E-state index contributed by atoms with van der Waals surface area (Å²) in [4.78, 5) is 22.9. The first kappa shape index (κ1) is 16.2. The molecule has 0 saturated carbocycles. The van der Waals surface area contributed by atoms with Gasteiger partial charge in [0.15, 0.2) is 0 Å². The first-order valence-electron chi connectivity index (χ1n) is 6.63. The fraction of sp³-hybridized carbons (Fsp3) is 0.467. The number of rotatable bonds is 8. The van der Waals surface area contributed by atoms with Crippen molar-refractivity contribution >= 4 is 11.9 Å². The Balaban J connectivity index is 2.23. The number of carbonyl (C=O) groups excluding carboxylic acids is 2. The van der Waals surface area contributed by atoms with E-state index in [1.54, 1.807) is 12.1 Å². The fourth-order valence-corrected chi connectivity index (χ4v) is 1.48. The fourth-order valence-electron chi connectivity index (χ4n) is 1.48. The van der Waals surface area contributed by atoms with Crippen LogP contribution in [0.3, 0.4) is 0 Å². The lowest BCUT2D eigenvalue weighted by molar-refractivity contribution is -0.148. The highest BCUT2D eigenvalue weighted by Gasteiger charge is 2.11. The van der Waals surface area contributed by atoms with Gasteiger partial charge in [0, 0.05) is 6.61 Å². The molecule has 0 aliphatic rings. The maximum Gasteiger partial charge on any atom is 0.311 e. The minimum Gasteiger partial charge on any atom is -0.463 e. The van der Waals surface area contributed by atoms with E-state index in [0.717, 1.165) is 5.56 Å². The van der Waals surface area contributed by atoms with Crippen molar-refractivity contribution in [3.8, 4) is 5.75 Å². The minimum absolute atomic E-state index is 0.00179. The molecule has 0 aromatic heterocycles. The van der Waals surface area contributed by atoms with Gasteiger partial charge in [0.05, 0.1) is 19.4 Å². The summed E-state index contributed by atoms with van der Waals surface area (Å²) in [5.74, 6) is -0.352. The minimum atomic E-state index is -0.443. The molecule has 0 radical (unpaired) electrons. The quantitative estimate of drug-likeness (QED) is 0.415. The van der Waals surface area contributed by atoms with E-state index in [-0.39, 0.29) is 19.4 Å². The zero-order valence-corrected chi connectivity index (χ0v) is 11.9. The molecule has 20 heavy (non-hydrogen) atoms. The Morgan fingerprint density at radius 1 is 1.05 bits per heavy atom. The predicted molar refractivity (Wildman–Crippen MR) is 73.5 cm³/mol. The Bertz CT molecular complexity index is 442. The smallest absolute Gasteiger partial charge is 0.311 e. The van der Waals surface area contributed by atoms with Crippen LogP contribution in [0.2, 0.25) is 0 Å². The molecule has 0 unspecified atom stereocenters. The number of esters is 2. The molecule has 0 saturated heterocycles. The number of hydrogen-bond donors (Lipinski definition) is 0. The van der Waals surface area contributed by atoms with Crippen molar-refractivity contribution in [3.63, 3.8) is 0 Å². The number of para-hydroxylation sites is 1. The largest absolute Gasteiger partial charge is 0.463 e. The lowest BCUT2D eigenvalue weighted by atomic mass is 10.2. The molecule has 0 heterocycles. The van der Waals surface area contributed by atoms with Gasteiger partial charge in [-0.2, -0.15) is 0 Å². The van der Waals surface area contributed by atoms with Crippen molar-refractivity contribution in [1.29, 1.82) is 0 Å². The molecule has 0 aliphatic carbocycles. The molecule has 0 spiro atoms. The van der Waals surface area contributed by atoms with Gasteiger partial charge in [0.2, 0.25) is 0 Å². The molecule has 1 aromatic rings. The normalized spacial score (nSPS) is 10.1. The number of ether oxygens (including phenoxy) is 3. The van der Waals surface area contributed by atoms with Crippen molar-refractivity contribution in [2.45, 2.75) is 26.7 Å². The maximum absolute atomic E-state index is 11.6. The summed E-state index contributed by atoms with van der Waals surface area (Å²) >= 11 is 0. The van der Waals surface area contributed by atoms with Crippen molar-refractivity contribution in [2.75, 3.05) is 19.8 Å². The Hall–Kier alpha value is -1.88. The third kappa shape index (κ3) is 6.33. The third-order valence-corrected chi connectivity index (χ3v) is 2.55. The first-order valence-corrected chi connectivity index (χ1v) is 6.63. The van der Waals surface area contributed by atoms with E-state index in [1.165, 1.54) is 0 Å². The van der Waals surface area contributed by atoms with Crippen LogP contribution in [0.4, 0.5) is 0 Å². The number of benzene rings is 1. The molecule has 0 N–H and O–H groups in total. The van der Waals surface area contributed by atoms with Gasteiger partial charge in [0.1, 0.15) is 12.4 Å². The van der Waals surface area contributed by atoms with Crippen LogP contribution < -0.4 is 4.74 Å². The Morgan fingerprint density at radius 2 is 1.75 bits per heavy atom. The van der Waals surface area contributed by atoms with Crippen molar-refractivity contribution < 1.29 is 23.8 Å². The van der Waals surface area contributed by atoms with E-state index in [1.807, 2.05) is 26.0 Å². The van der Waals surface area contributed by atoms with Crippen LogP contribution in [0.25, 0.3) is 0 Å². The van der Waals surface area contributed by atoms with E-state index in [0.29, 0.717) is 19.0 Å². The van der Waals surface area contributed by atoms with Gasteiger partial charge < -0.3 is 14.2 Å². The van der Waals surface area contributed by atoms with Crippen LogP contribution in [-0.4, -0.2) is 31.8 Å². The van der Waals surface area contributed by atoms with Crippen molar-refractivity contribution in [3.05, 3.63) is 29.8 Å². The summed E-state index contributed by atoms with van der Waals surface area (Å²) in [6.45, 7) is 4.88. The average molecular weight is 280 g/mol. The average Bonchev–Trinajstić information content (AvgIpc) is 2.44. The van der Waals surface area contributed by atoms with Gasteiger partial charge in [-0.3, -0.25) is 9.59 Å². The predicted octanol–water partition coefficient (Wildman–Crippen LogP) is 2.26. The maximum atomic E-state index is 11.6. The second kappa shape index (κ2) is 9.09. The van der Waals surface area contributed by atoms with Crippen LogP contribution in [-0.2, 0) is 19.1 Å². The molecule has 0 bridgehead atoms. The number of hydrogen-bond acceptors (Lipinski definition) is 5. The van der Waals surface area contributed by atoms with Gasteiger partial charge >= 0.3 is 11.9 Å². The Kier molecular flexibility index (Phi) is 7.35. The SMILES string of the molecule is CCOCCOC(=O)CCC(=O)Oc1ccccc1C. The number of carbonyl (C=O) groups is 2. The van der Waals surface area contributed by atoms with Crippen LogP contribution in [0.1, 0.15) is 25.3 Å². The molecule has 0 atom stereocenters. The van der Waals surface area contributed by atoms with E-state index < -0.39 is 11.9 Å². The van der Waals surface area contributed by atoms with Crippen LogP contribution in [0, 0.1) is 6.92 Å². The molecule has 5 nitrogen and oxygen atoms in total. The van der Waals surface area contributed by atoms with Gasteiger partial charge in [-0.1, -0.05) is 18.2 Å².